The number of nitrogens with zero attached hydrogens (tertiary/aromatic N) is 3. The van der Waals surface area contributed by atoms with Crippen LogP contribution in [0, 0.1) is 0 Å². The van der Waals surface area contributed by atoms with Crippen LogP contribution < -0.4 is 0 Å². The molecule has 0 fully saturated rings. The minimum absolute atomic E-state index is 0.113. The summed E-state index contributed by atoms with van der Waals surface area (Å²) in [5.74, 6) is 0.694. The lowest BCUT2D eigenvalue weighted by atomic mass is 10.2. The second-order valence-corrected chi connectivity index (χ2v) is 5.34. The molecule has 0 aromatic carbocycles. The Kier molecular flexibility index (Phi) is 2.15. The second kappa shape index (κ2) is 3.17. The van der Waals surface area contributed by atoms with Gasteiger partial charge in [0.25, 0.3) is 0 Å². The molecule has 1 aromatic heterocycles. The van der Waals surface area contributed by atoms with Crippen LogP contribution in [-0.4, -0.2) is 20.8 Å². The zero-order valence-corrected chi connectivity index (χ0v) is 9.26. The highest BCUT2D eigenvalue weighted by molar-refractivity contribution is 14.1. The molecule has 0 spiro atoms. The van der Waals surface area contributed by atoms with E-state index in [-0.39, 0.29) is 3.42 Å². The molecule has 1 aromatic rings. The van der Waals surface area contributed by atoms with Gasteiger partial charge in [-0.25, -0.2) is 9.98 Å². The molecule has 1 unspecified atom stereocenters. The molecule has 0 saturated heterocycles. The van der Waals surface area contributed by atoms with Gasteiger partial charge >= 0.3 is 0 Å². The lowest BCUT2D eigenvalue weighted by Gasteiger charge is -2.06. The number of hydrogen-bond donors (Lipinski definition) is 0. The van der Waals surface area contributed by atoms with Crippen molar-refractivity contribution in [3.8, 4) is 0 Å². The maximum atomic E-state index is 4.32. The summed E-state index contributed by atoms with van der Waals surface area (Å²) in [6.45, 7) is 2.05. The van der Waals surface area contributed by atoms with Crippen LogP contribution in [0.3, 0.4) is 0 Å². The van der Waals surface area contributed by atoms with E-state index in [0.717, 1.165) is 5.69 Å². The summed E-state index contributed by atoms with van der Waals surface area (Å²) in [6.07, 6.45) is 5.46. The Morgan fingerprint density at radius 3 is 2.92 bits per heavy atom. The molecule has 0 N–H and O–H groups in total. The van der Waals surface area contributed by atoms with Crippen molar-refractivity contribution in [2.75, 3.05) is 0 Å². The highest BCUT2D eigenvalue weighted by Crippen LogP contribution is 2.28. The Morgan fingerprint density at radius 1 is 1.31 bits per heavy atom. The molecule has 0 amide bonds. The fourth-order valence-corrected chi connectivity index (χ4v) is 1.28. The van der Waals surface area contributed by atoms with E-state index >= 15 is 0 Å². The first-order chi connectivity index (χ1) is 6.17. The summed E-state index contributed by atoms with van der Waals surface area (Å²) >= 11 is 2.29. The average molecular weight is 285 g/mol. The van der Waals surface area contributed by atoms with E-state index in [4.69, 9.17) is 0 Å². The van der Waals surface area contributed by atoms with Crippen molar-refractivity contribution in [2.45, 2.75) is 10.3 Å². The van der Waals surface area contributed by atoms with Gasteiger partial charge < -0.3 is 0 Å². The molecule has 0 saturated carbocycles. The largest absolute Gasteiger partial charge is 0.255 e. The van der Waals surface area contributed by atoms with E-state index in [1.165, 1.54) is 0 Å². The van der Waals surface area contributed by atoms with Crippen LogP contribution in [0.4, 0.5) is 11.5 Å². The number of hydrogen-bond acceptors (Lipinski definition) is 3. The monoisotopic (exact) mass is 285 g/mol. The van der Waals surface area contributed by atoms with E-state index in [1.54, 1.807) is 6.20 Å². The van der Waals surface area contributed by atoms with Crippen molar-refractivity contribution < 1.29 is 0 Å². The van der Waals surface area contributed by atoms with Crippen LogP contribution in [0.15, 0.2) is 28.3 Å². The van der Waals surface area contributed by atoms with Crippen LogP contribution in [0.1, 0.15) is 6.92 Å². The number of pyridine rings is 1. The van der Waals surface area contributed by atoms with Gasteiger partial charge in [-0.1, -0.05) is 22.6 Å². The van der Waals surface area contributed by atoms with Crippen molar-refractivity contribution in [2.24, 2.45) is 9.98 Å². The number of aromatic nitrogens is 1. The Hall–Kier alpha value is -0.780. The van der Waals surface area contributed by atoms with Gasteiger partial charge in [0, 0.05) is 18.6 Å². The molecule has 1 aliphatic heterocycles. The predicted octanol–water partition coefficient (Wildman–Crippen LogP) is 2.69. The molecule has 0 radical (unpaired) electrons. The minimum Gasteiger partial charge on any atom is -0.255 e. The van der Waals surface area contributed by atoms with Gasteiger partial charge in [-0.3, -0.25) is 4.99 Å². The molecule has 2 rings (SSSR count). The first kappa shape index (κ1) is 8.80. The van der Waals surface area contributed by atoms with E-state index in [0.29, 0.717) is 5.82 Å². The number of alkyl halides is 1. The van der Waals surface area contributed by atoms with Crippen molar-refractivity contribution in [1.29, 1.82) is 0 Å². The molecule has 1 aliphatic rings. The molecule has 3 nitrogen and oxygen atoms in total. The van der Waals surface area contributed by atoms with Crippen molar-refractivity contribution >= 4 is 46.5 Å². The van der Waals surface area contributed by atoms with Gasteiger partial charge in [0.2, 0.25) is 0 Å². The van der Waals surface area contributed by atoms with E-state index in [9.17, 15) is 0 Å². The van der Waals surface area contributed by atoms with Crippen LogP contribution in [0.5, 0.6) is 0 Å². The van der Waals surface area contributed by atoms with Gasteiger partial charge in [-0.05, 0) is 19.1 Å². The Balaban J connectivity index is 2.53. The second-order valence-electron chi connectivity index (χ2n) is 3.01. The fraction of sp³-hybridized carbons (Fsp3) is 0.222. The molecule has 0 aliphatic carbocycles. The van der Waals surface area contributed by atoms with Crippen molar-refractivity contribution in [3.63, 3.8) is 0 Å². The lowest BCUT2D eigenvalue weighted by Crippen LogP contribution is -2.17. The third-order valence-corrected chi connectivity index (χ3v) is 2.22. The third kappa shape index (κ3) is 1.93. The molecule has 0 bridgehead atoms. The van der Waals surface area contributed by atoms with Crippen molar-refractivity contribution in [3.05, 3.63) is 18.3 Å². The first-order valence-corrected chi connectivity index (χ1v) is 5.00. The lowest BCUT2D eigenvalue weighted by molar-refractivity contribution is 1.23. The number of halogens is 1. The van der Waals surface area contributed by atoms with Gasteiger partial charge in [0.05, 0.1) is 3.42 Å². The van der Waals surface area contributed by atoms with E-state index in [2.05, 4.69) is 37.6 Å². The molecular formula is C9H8IN3. The summed E-state index contributed by atoms with van der Waals surface area (Å²) in [4.78, 5) is 12.7. The Labute approximate surface area is 90.2 Å². The number of fused-ring (bicyclic) bond motifs is 1. The molecule has 2 heterocycles. The minimum atomic E-state index is -0.113. The van der Waals surface area contributed by atoms with Gasteiger partial charge in [0.1, 0.15) is 5.69 Å². The Bertz CT molecular complexity index is 347. The third-order valence-electron chi connectivity index (χ3n) is 1.66. The maximum Gasteiger partial charge on any atom is 0.177 e. The van der Waals surface area contributed by atoms with Crippen LogP contribution in [-0.2, 0) is 0 Å². The van der Waals surface area contributed by atoms with Gasteiger partial charge in [0.15, 0.2) is 5.82 Å². The smallest absolute Gasteiger partial charge is 0.177 e. The first-order valence-electron chi connectivity index (χ1n) is 3.92. The zero-order chi connectivity index (χ0) is 9.31. The molecule has 4 heteroatoms. The number of aliphatic imine (C=N–C) groups is 2. The van der Waals surface area contributed by atoms with Crippen LogP contribution >= 0.6 is 22.6 Å². The topological polar surface area (TPSA) is 37.6 Å². The highest BCUT2D eigenvalue weighted by atomic mass is 127. The predicted molar refractivity (Wildman–Crippen MR) is 63.0 cm³/mol. The SMILES string of the molecule is CC1(I)C=Nc2cccnc2N=C1. The summed E-state index contributed by atoms with van der Waals surface area (Å²) in [5.41, 5.74) is 0.833. The summed E-state index contributed by atoms with van der Waals surface area (Å²) in [6, 6.07) is 3.77. The highest BCUT2D eigenvalue weighted by Gasteiger charge is 2.17. The quantitative estimate of drug-likeness (QED) is 0.533. The molecule has 66 valence electrons. The fourth-order valence-electron chi connectivity index (χ4n) is 1.01. The average Bonchev–Trinajstić information content (AvgIpc) is 2.27. The van der Waals surface area contributed by atoms with E-state index < -0.39 is 0 Å². The molecule has 1 atom stereocenters. The van der Waals surface area contributed by atoms with E-state index in [1.807, 2.05) is 31.5 Å². The number of rotatable bonds is 0. The normalized spacial score (nSPS) is 25.4. The zero-order valence-electron chi connectivity index (χ0n) is 7.11. The summed E-state index contributed by atoms with van der Waals surface area (Å²) < 4.78 is -0.113. The van der Waals surface area contributed by atoms with Crippen LogP contribution in [0.2, 0.25) is 0 Å². The Morgan fingerprint density at radius 2 is 2.08 bits per heavy atom. The van der Waals surface area contributed by atoms with Gasteiger partial charge in [-0.2, -0.15) is 0 Å². The van der Waals surface area contributed by atoms with Crippen molar-refractivity contribution in [1.82, 2.24) is 4.98 Å². The van der Waals surface area contributed by atoms with Gasteiger partial charge in [-0.15, -0.1) is 0 Å². The van der Waals surface area contributed by atoms with Crippen LogP contribution in [0.25, 0.3) is 0 Å². The summed E-state index contributed by atoms with van der Waals surface area (Å²) in [7, 11) is 0. The molecular weight excluding hydrogens is 277 g/mol. The standard InChI is InChI=1S/C9H8IN3/c1-9(10)5-12-7-3-2-4-11-8(7)13-6-9/h2-6H,1H3. The summed E-state index contributed by atoms with van der Waals surface area (Å²) in [5, 5.41) is 0. The maximum absolute atomic E-state index is 4.32. The molecule has 13 heavy (non-hydrogen) atoms.